The first-order chi connectivity index (χ1) is 39.6. The van der Waals surface area contributed by atoms with E-state index in [2.05, 4.69) is 0 Å². The number of unbranched alkanes of at least 4 members (excludes halogenated alkanes) is 1. The van der Waals surface area contributed by atoms with Crippen molar-refractivity contribution in [1.29, 1.82) is 0 Å². The highest BCUT2D eigenvalue weighted by atomic mass is 19.4. The highest BCUT2D eigenvalue weighted by Gasteiger charge is 3.01. The Bertz CT molecular complexity index is 7070. The summed E-state index contributed by atoms with van der Waals surface area (Å²) in [5.74, 6) is -3.53. The first-order valence-corrected chi connectivity index (χ1v) is 28.8. The van der Waals surface area contributed by atoms with Crippen LogP contribution in [0.3, 0.4) is 0 Å². The molecular formula is C71H16F3NO6. The molecule has 7 nitrogen and oxygen atoms in total. The number of carboxylic acids is 1. The molecule has 33 rings (SSSR count). The number of nitrogens with two attached hydrogens (primary N) is 1. The Morgan fingerprint density at radius 2 is 0.519 bits per heavy atom. The average molecular weight is 1040 g/mol. The minimum atomic E-state index is -5.08. The average Bonchev–Trinajstić information content (AvgIpc) is 1.36. The molecule has 362 valence electrons. The lowest BCUT2D eigenvalue weighted by Crippen LogP contribution is -2.38. The summed E-state index contributed by atoms with van der Waals surface area (Å²) in [6, 6.07) is 0. The lowest BCUT2D eigenvalue weighted by molar-refractivity contribution is -0.192. The Morgan fingerprint density at radius 3 is 0.679 bits per heavy atom. The number of carbonyl (C=O) groups excluding carboxylic acids is 2. The van der Waals surface area contributed by atoms with Crippen LogP contribution in [0.15, 0.2) is 0 Å². The van der Waals surface area contributed by atoms with Gasteiger partial charge in [0, 0.05) is 0 Å². The predicted octanol–water partition coefficient (Wildman–Crippen LogP) is 16.8. The zero-order valence-corrected chi connectivity index (χ0v) is 41.2. The van der Waals surface area contributed by atoms with Gasteiger partial charge in [0.25, 0.3) is 0 Å². The van der Waals surface area contributed by atoms with Gasteiger partial charge in [0.05, 0.1) is 24.0 Å². The third-order valence-electron chi connectivity index (χ3n) is 26.3. The van der Waals surface area contributed by atoms with Gasteiger partial charge in [-0.15, -0.1) is 0 Å². The number of esters is 2. The second kappa shape index (κ2) is 8.18. The van der Waals surface area contributed by atoms with Gasteiger partial charge in [0.2, 0.25) is 0 Å². The van der Waals surface area contributed by atoms with E-state index in [0.29, 0.717) is 13.0 Å². The van der Waals surface area contributed by atoms with Gasteiger partial charge in [-0.1, -0.05) is 0 Å². The fraction of sp³-hybridized carbons (Fsp3) is 0.141. The molecular weight excluding hydrogens is 1020 g/mol. The van der Waals surface area contributed by atoms with Crippen LogP contribution in [0.2, 0.25) is 0 Å². The van der Waals surface area contributed by atoms with Gasteiger partial charge in [0.1, 0.15) is 0 Å². The first-order valence-electron chi connectivity index (χ1n) is 28.8. The SMILES string of the molecule is CCOC(=O)C1(C(=O)OCCCCN)C23c4c5c6c7c8c9c(c%10c%11c2c2c4c4c%12c5c5c6c6c8c8c%13c9c9c%10c%10c%11c%11c2c2c4c4c%12c%12c5c5c6c8c6c8c%13c9c9c%10c%10c%11c2c2c4c4c%12c5c6c5c8c9c%10c2c45)C713.O=C(O)C(F)(F)F. The Labute approximate surface area is 438 Å². The van der Waals surface area contributed by atoms with Crippen LogP contribution in [-0.2, 0) is 34.7 Å². The summed E-state index contributed by atoms with van der Waals surface area (Å²) in [4.78, 5) is 42.6. The van der Waals surface area contributed by atoms with Crippen LogP contribution in [0.4, 0.5) is 13.2 Å². The molecule has 81 heavy (non-hydrogen) atoms. The van der Waals surface area contributed by atoms with E-state index in [1.807, 2.05) is 6.92 Å². The van der Waals surface area contributed by atoms with Crippen LogP contribution in [0.5, 0.6) is 0 Å². The second-order valence-electron chi connectivity index (χ2n) is 27.2. The molecule has 1 fully saturated rings. The molecule has 0 radical (unpaired) electrons. The fourth-order valence-electron chi connectivity index (χ4n) is 26.0. The number of aliphatic carboxylic acids is 1. The third kappa shape index (κ3) is 2.01. The second-order valence-corrected chi connectivity index (χ2v) is 27.2. The van der Waals surface area contributed by atoms with E-state index in [9.17, 15) is 13.2 Å². The van der Waals surface area contributed by atoms with E-state index >= 15 is 9.59 Å². The van der Waals surface area contributed by atoms with Crippen LogP contribution >= 0.6 is 0 Å². The number of alkyl halides is 3. The number of ether oxygens (including phenoxy) is 2. The van der Waals surface area contributed by atoms with Gasteiger partial charge in [-0.2, -0.15) is 13.2 Å². The summed E-state index contributed by atoms with van der Waals surface area (Å²) in [6.45, 7) is 2.87. The molecule has 5 aliphatic carbocycles. The van der Waals surface area contributed by atoms with Gasteiger partial charge < -0.3 is 20.3 Å². The normalized spacial score (nSPS) is 22.5. The largest absolute Gasteiger partial charge is 0.490 e. The van der Waals surface area contributed by atoms with Crippen molar-refractivity contribution >= 4 is 309 Å². The smallest absolute Gasteiger partial charge is 0.475 e. The molecule has 0 heterocycles. The van der Waals surface area contributed by atoms with E-state index in [0.717, 1.165) is 6.42 Å². The molecule has 0 amide bonds. The van der Waals surface area contributed by atoms with Crippen molar-refractivity contribution in [3.63, 3.8) is 0 Å². The quantitative estimate of drug-likeness (QED) is 0.0707. The van der Waals surface area contributed by atoms with Crippen molar-refractivity contribution in [2.75, 3.05) is 19.8 Å². The van der Waals surface area contributed by atoms with Gasteiger partial charge in [-0.3, -0.25) is 9.59 Å². The topological polar surface area (TPSA) is 116 Å². The molecule has 0 bridgehead atoms. The molecule has 28 aromatic carbocycles. The van der Waals surface area contributed by atoms with Crippen molar-refractivity contribution in [2.24, 2.45) is 11.1 Å². The molecule has 28 aromatic rings. The van der Waals surface area contributed by atoms with E-state index in [1.165, 1.54) is 259 Å². The van der Waals surface area contributed by atoms with E-state index in [4.69, 9.17) is 25.1 Å². The monoisotopic (exact) mass is 1040 g/mol. The molecule has 0 aromatic heterocycles. The van der Waals surface area contributed by atoms with Gasteiger partial charge in [-0.05, 0) is 339 Å². The molecule has 1 saturated carbocycles. The van der Waals surface area contributed by atoms with Crippen LogP contribution in [-0.4, -0.2) is 48.9 Å². The van der Waals surface area contributed by atoms with Crippen LogP contribution in [0.1, 0.15) is 42.0 Å². The molecule has 0 unspecified atom stereocenters. The standard InChI is InChI=1S/C69H15NO4.C2HF3O2/c1-2-73-65(71)69(66(72)74-6-4-3-5-70)67-61-53-45-35-25-17-9-7-8-11-15-13(9)21-29-23(15)33-27-19(11)20-12(8)16-14-10(7)18(17)26-32-22(14)30-24(16)34-28(20)38-37(27)47-41(33)51-43(29)49(39(45)31(21)25)57(61)59(51)63-55(47)56-48(38)42(34)52-44(30)50-40(32)46(36(26)35)54(53)62(67)58(50)60(52)64(56)68(63,67)69;3-2(4,5)1(6)7/h2-6,70H2,1H3;(H,6,7). The predicted molar refractivity (Wildman–Crippen MR) is 316 cm³/mol. The number of hydrogen-bond donors (Lipinski definition) is 2. The Hall–Kier alpha value is -9.38. The lowest BCUT2D eigenvalue weighted by Gasteiger charge is -2.32. The Morgan fingerprint density at radius 1 is 0.346 bits per heavy atom. The molecule has 0 aliphatic heterocycles. The summed E-state index contributed by atoms with van der Waals surface area (Å²) < 4.78 is 45.3. The van der Waals surface area contributed by atoms with Crippen molar-refractivity contribution in [3.8, 4) is 0 Å². The summed E-state index contributed by atoms with van der Waals surface area (Å²) in [5.41, 5.74) is 7.41. The van der Waals surface area contributed by atoms with Crippen molar-refractivity contribution < 1.29 is 42.1 Å². The van der Waals surface area contributed by atoms with Crippen LogP contribution in [0.25, 0.3) is 291 Å². The maximum absolute atomic E-state index is 16.9. The maximum Gasteiger partial charge on any atom is 0.490 e. The number of carbonyl (C=O) groups is 3. The lowest BCUT2D eigenvalue weighted by atomic mass is 9.68. The summed E-state index contributed by atoms with van der Waals surface area (Å²) in [7, 11) is 0. The van der Waals surface area contributed by atoms with Crippen molar-refractivity contribution in [2.45, 2.75) is 36.8 Å². The maximum atomic E-state index is 16.9. The summed E-state index contributed by atoms with van der Waals surface area (Å²) >= 11 is 0. The van der Waals surface area contributed by atoms with Gasteiger partial charge in [0.15, 0.2) is 5.41 Å². The number of benzene rings is 18. The van der Waals surface area contributed by atoms with Crippen LogP contribution < -0.4 is 5.73 Å². The van der Waals surface area contributed by atoms with Crippen molar-refractivity contribution in [3.05, 3.63) is 22.3 Å². The minimum absolute atomic E-state index is 0.187. The minimum Gasteiger partial charge on any atom is -0.475 e. The number of carboxylic acid groups (broad SMARTS) is 1. The molecule has 10 heteroatoms. The number of halogens is 3. The van der Waals surface area contributed by atoms with Gasteiger partial charge in [-0.25, -0.2) is 4.79 Å². The van der Waals surface area contributed by atoms with Crippen LogP contribution in [0, 0.1) is 5.41 Å². The zero-order chi connectivity index (χ0) is 51.2. The van der Waals surface area contributed by atoms with Gasteiger partial charge >= 0.3 is 24.1 Å². The first kappa shape index (κ1) is 34.6. The highest BCUT2D eigenvalue weighted by molar-refractivity contribution is 6.82. The molecule has 5 aliphatic rings. The molecule has 2 spiro atoms. The van der Waals surface area contributed by atoms with E-state index in [1.54, 1.807) is 53.9 Å². The van der Waals surface area contributed by atoms with Crippen molar-refractivity contribution in [1.82, 2.24) is 0 Å². The van der Waals surface area contributed by atoms with E-state index in [-0.39, 0.29) is 25.2 Å². The highest BCUT2D eigenvalue weighted by Crippen LogP contribution is 2.96. The number of rotatable bonds is 7. The Balaban J connectivity index is 0.000000523. The van der Waals surface area contributed by atoms with E-state index < -0.39 is 28.4 Å². The zero-order valence-electron chi connectivity index (χ0n) is 41.2. The molecule has 0 saturated heterocycles. The Kier molecular flexibility index (Phi) is 3.49. The number of hydrogen-bond acceptors (Lipinski definition) is 6. The summed E-state index contributed by atoms with van der Waals surface area (Å²) in [6.07, 6.45) is -3.68. The third-order valence-corrected chi connectivity index (χ3v) is 26.3. The molecule has 3 N–H and O–H groups in total. The molecule has 0 atom stereocenters. The fourth-order valence-corrected chi connectivity index (χ4v) is 26.0. The summed E-state index contributed by atoms with van der Waals surface area (Å²) in [5, 5.41) is 87.2.